The van der Waals surface area contributed by atoms with E-state index in [9.17, 15) is 5.11 Å². The van der Waals surface area contributed by atoms with Gasteiger partial charge in [0.05, 0.1) is 7.11 Å². The van der Waals surface area contributed by atoms with Gasteiger partial charge < -0.3 is 9.84 Å². The van der Waals surface area contributed by atoms with Crippen molar-refractivity contribution in [3.63, 3.8) is 0 Å². The molecule has 2 nitrogen and oxygen atoms in total. The van der Waals surface area contributed by atoms with E-state index in [1.807, 2.05) is 12.1 Å². The topological polar surface area (TPSA) is 29.5 Å². The van der Waals surface area contributed by atoms with Crippen molar-refractivity contribution in [2.45, 2.75) is 39.0 Å². The molecule has 0 spiro atoms. The Morgan fingerprint density at radius 2 is 1.89 bits per heavy atom. The van der Waals surface area contributed by atoms with Crippen molar-refractivity contribution in [2.75, 3.05) is 13.7 Å². The normalized spacial score (nSPS) is 26.9. The lowest BCUT2D eigenvalue weighted by Gasteiger charge is -2.17. The van der Waals surface area contributed by atoms with Crippen LogP contribution in [0.5, 0.6) is 5.75 Å². The number of benzene rings is 1. The summed E-state index contributed by atoms with van der Waals surface area (Å²) in [6.07, 6.45) is 3.67. The maximum Gasteiger partial charge on any atom is 0.118 e. The molecule has 106 valence electrons. The van der Waals surface area contributed by atoms with Gasteiger partial charge in [0, 0.05) is 6.61 Å². The van der Waals surface area contributed by atoms with Crippen LogP contribution in [0.4, 0.5) is 0 Å². The van der Waals surface area contributed by atoms with Crippen LogP contribution in [-0.4, -0.2) is 18.8 Å². The molecule has 1 fully saturated rings. The summed E-state index contributed by atoms with van der Waals surface area (Å²) in [5.41, 5.74) is 1.35. The van der Waals surface area contributed by atoms with E-state index in [4.69, 9.17) is 4.74 Å². The minimum Gasteiger partial charge on any atom is -0.497 e. The Labute approximate surface area is 116 Å². The van der Waals surface area contributed by atoms with Gasteiger partial charge in [0.15, 0.2) is 0 Å². The first-order valence-corrected chi connectivity index (χ1v) is 7.38. The molecule has 1 aliphatic rings. The fourth-order valence-corrected chi connectivity index (χ4v) is 3.56. The summed E-state index contributed by atoms with van der Waals surface area (Å²) in [7, 11) is 1.69. The van der Waals surface area contributed by atoms with Gasteiger partial charge in [-0.2, -0.15) is 0 Å². The number of aliphatic hydroxyl groups is 1. The summed E-state index contributed by atoms with van der Waals surface area (Å²) in [6.45, 7) is 4.88. The Bertz CT molecular complexity index is 383. The zero-order chi connectivity index (χ0) is 13.8. The SMILES string of the molecule is COc1ccc([C@H]2C[C@H](CC(C)C)C[C@H]2CO)cc1. The second-order valence-corrected chi connectivity index (χ2v) is 6.29. The van der Waals surface area contributed by atoms with Crippen LogP contribution in [0, 0.1) is 17.8 Å². The molecule has 2 rings (SSSR count). The first-order valence-electron chi connectivity index (χ1n) is 7.38. The molecule has 0 aliphatic heterocycles. The molecule has 3 atom stereocenters. The van der Waals surface area contributed by atoms with Crippen molar-refractivity contribution < 1.29 is 9.84 Å². The molecule has 1 aromatic carbocycles. The van der Waals surface area contributed by atoms with Gasteiger partial charge in [0.1, 0.15) is 5.75 Å². The van der Waals surface area contributed by atoms with Crippen LogP contribution in [0.1, 0.15) is 44.6 Å². The molecule has 1 saturated carbocycles. The van der Waals surface area contributed by atoms with Crippen LogP contribution in [-0.2, 0) is 0 Å². The first kappa shape index (κ1) is 14.4. The van der Waals surface area contributed by atoms with Gasteiger partial charge in [-0.25, -0.2) is 0 Å². The third-order valence-electron chi connectivity index (χ3n) is 4.38. The molecule has 0 aromatic heterocycles. The number of ether oxygens (including phenoxy) is 1. The van der Waals surface area contributed by atoms with Crippen LogP contribution >= 0.6 is 0 Å². The van der Waals surface area contributed by atoms with Crippen LogP contribution in [0.2, 0.25) is 0 Å². The fourth-order valence-electron chi connectivity index (χ4n) is 3.56. The van der Waals surface area contributed by atoms with Crippen molar-refractivity contribution >= 4 is 0 Å². The van der Waals surface area contributed by atoms with Crippen molar-refractivity contribution in [1.29, 1.82) is 0 Å². The second-order valence-electron chi connectivity index (χ2n) is 6.29. The summed E-state index contributed by atoms with van der Waals surface area (Å²) in [5.74, 6) is 3.36. The zero-order valence-corrected chi connectivity index (χ0v) is 12.3. The highest BCUT2D eigenvalue weighted by atomic mass is 16.5. The van der Waals surface area contributed by atoms with Gasteiger partial charge in [0.2, 0.25) is 0 Å². The van der Waals surface area contributed by atoms with Gasteiger partial charge in [0.25, 0.3) is 0 Å². The first-order chi connectivity index (χ1) is 9.13. The Kier molecular flexibility index (Phi) is 4.87. The van der Waals surface area contributed by atoms with Crippen molar-refractivity contribution in [2.24, 2.45) is 17.8 Å². The van der Waals surface area contributed by atoms with Gasteiger partial charge in [-0.15, -0.1) is 0 Å². The molecule has 0 saturated heterocycles. The number of hydrogen-bond donors (Lipinski definition) is 1. The van der Waals surface area contributed by atoms with E-state index in [0.29, 0.717) is 18.4 Å². The predicted octanol–water partition coefficient (Wildman–Crippen LogP) is 3.84. The zero-order valence-electron chi connectivity index (χ0n) is 12.3. The Morgan fingerprint density at radius 3 is 2.42 bits per heavy atom. The molecule has 0 heterocycles. The summed E-state index contributed by atoms with van der Waals surface area (Å²) in [6, 6.07) is 8.37. The molecule has 0 unspecified atom stereocenters. The maximum atomic E-state index is 9.63. The van der Waals surface area contributed by atoms with E-state index in [1.54, 1.807) is 7.11 Å². The average Bonchev–Trinajstić information content (AvgIpc) is 2.81. The Hall–Kier alpha value is -1.02. The third-order valence-corrected chi connectivity index (χ3v) is 4.38. The van der Waals surface area contributed by atoms with Crippen LogP contribution in [0.25, 0.3) is 0 Å². The van der Waals surface area contributed by atoms with Crippen molar-refractivity contribution in [1.82, 2.24) is 0 Å². The highest BCUT2D eigenvalue weighted by Crippen LogP contribution is 2.45. The summed E-state index contributed by atoms with van der Waals surface area (Å²) < 4.78 is 5.21. The van der Waals surface area contributed by atoms with Crippen molar-refractivity contribution in [3.8, 4) is 5.75 Å². The van der Waals surface area contributed by atoms with E-state index < -0.39 is 0 Å². The maximum absolute atomic E-state index is 9.63. The molecule has 0 amide bonds. The van der Waals surface area contributed by atoms with Crippen LogP contribution in [0.15, 0.2) is 24.3 Å². The van der Waals surface area contributed by atoms with Crippen LogP contribution in [0.3, 0.4) is 0 Å². The summed E-state index contributed by atoms with van der Waals surface area (Å²) >= 11 is 0. The molecule has 1 aliphatic carbocycles. The molecular formula is C17H26O2. The number of methoxy groups -OCH3 is 1. The van der Waals surface area contributed by atoms with E-state index >= 15 is 0 Å². The largest absolute Gasteiger partial charge is 0.497 e. The highest BCUT2D eigenvalue weighted by molar-refractivity contribution is 5.30. The smallest absolute Gasteiger partial charge is 0.118 e. The minimum absolute atomic E-state index is 0.311. The molecule has 2 heteroatoms. The van der Waals surface area contributed by atoms with Gasteiger partial charge in [-0.1, -0.05) is 26.0 Å². The van der Waals surface area contributed by atoms with Gasteiger partial charge in [-0.3, -0.25) is 0 Å². The van der Waals surface area contributed by atoms with E-state index in [1.165, 1.54) is 24.8 Å². The molecule has 19 heavy (non-hydrogen) atoms. The molecule has 1 N–H and O–H groups in total. The Balaban J connectivity index is 2.08. The van der Waals surface area contributed by atoms with E-state index in [-0.39, 0.29) is 0 Å². The number of hydrogen-bond acceptors (Lipinski definition) is 2. The lowest BCUT2D eigenvalue weighted by Crippen LogP contribution is -2.10. The lowest BCUT2D eigenvalue weighted by atomic mass is 9.89. The monoisotopic (exact) mass is 262 g/mol. The number of aliphatic hydroxyl groups excluding tert-OH is 1. The van der Waals surface area contributed by atoms with Gasteiger partial charge in [-0.05, 0) is 60.6 Å². The molecule has 1 aromatic rings. The molecular weight excluding hydrogens is 236 g/mol. The second kappa shape index (κ2) is 6.42. The quantitative estimate of drug-likeness (QED) is 0.873. The van der Waals surface area contributed by atoms with E-state index in [2.05, 4.69) is 26.0 Å². The third kappa shape index (κ3) is 3.50. The van der Waals surface area contributed by atoms with Crippen molar-refractivity contribution in [3.05, 3.63) is 29.8 Å². The standard InChI is InChI=1S/C17H26O2/c1-12(2)8-13-9-15(11-18)17(10-13)14-4-6-16(19-3)7-5-14/h4-7,12-13,15,17-18H,8-11H2,1-3H3/t13-,15+,17-/m1/s1. The summed E-state index contributed by atoms with van der Waals surface area (Å²) in [4.78, 5) is 0. The van der Waals surface area contributed by atoms with Gasteiger partial charge >= 0.3 is 0 Å². The molecule has 0 radical (unpaired) electrons. The summed E-state index contributed by atoms with van der Waals surface area (Å²) in [5, 5.41) is 9.63. The lowest BCUT2D eigenvalue weighted by molar-refractivity contribution is 0.213. The minimum atomic E-state index is 0.311. The van der Waals surface area contributed by atoms with E-state index in [0.717, 1.165) is 17.6 Å². The fraction of sp³-hybridized carbons (Fsp3) is 0.647. The average molecular weight is 262 g/mol. The highest BCUT2D eigenvalue weighted by Gasteiger charge is 2.34. The number of rotatable bonds is 5. The Morgan fingerprint density at radius 1 is 1.21 bits per heavy atom. The molecule has 0 bridgehead atoms. The predicted molar refractivity (Wildman–Crippen MR) is 78.5 cm³/mol. The van der Waals surface area contributed by atoms with Crippen LogP contribution < -0.4 is 4.74 Å².